The Bertz CT molecular complexity index is 490. The van der Waals surface area contributed by atoms with Crippen LogP contribution in [0.15, 0.2) is 42.7 Å². The summed E-state index contributed by atoms with van der Waals surface area (Å²) in [5.74, 6) is 0. The molecule has 0 radical (unpaired) electrons. The summed E-state index contributed by atoms with van der Waals surface area (Å²) in [5.41, 5.74) is 1.46. The van der Waals surface area contributed by atoms with Crippen molar-refractivity contribution >= 4 is 11.6 Å². The second-order valence-electron chi connectivity index (χ2n) is 4.33. The predicted molar refractivity (Wildman–Crippen MR) is 69.1 cm³/mol. The van der Waals surface area contributed by atoms with Gasteiger partial charge in [0.05, 0.1) is 0 Å². The average Bonchev–Trinajstić information content (AvgIpc) is 2.29. The number of aromatic nitrogens is 1. The smallest absolute Gasteiger partial charge is 0.113 e. The van der Waals surface area contributed by atoms with Crippen LogP contribution in [-0.4, -0.2) is 10.1 Å². The van der Waals surface area contributed by atoms with E-state index in [-0.39, 0.29) is 0 Å². The van der Waals surface area contributed by atoms with Crippen molar-refractivity contribution in [2.45, 2.75) is 19.4 Å². The Morgan fingerprint density at radius 2 is 1.94 bits per heavy atom. The van der Waals surface area contributed by atoms with Crippen LogP contribution in [0, 0.1) is 6.92 Å². The SMILES string of the molecule is Cc1cncc(C(C)(O)c2cccc(Cl)c2)c1. The number of pyridine rings is 1. The Balaban J connectivity index is 2.49. The van der Waals surface area contributed by atoms with E-state index in [4.69, 9.17) is 11.6 Å². The third-order valence-corrected chi connectivity index (χ3v) is 3.06. The van der Waals surface area contributed by atoms with E-state index in [9.17, 15) is 5.11 Å². The molecule has 1 unspecified atom stereocenters. The maximum atomic E-state index is 10.6. The van der Waals surface area contributed by atoms with Crippen molar-refractivity contribution in [3.8, 4) is 0 Å². The lowest BCUT2D eigenvalue weighted by Gasteiger charge is -2.24. The Morgan fingerprint density at radius 3 is 2.59 bits per heavy atom. The molecule has 2 nitrogen and oxygen atoms in total. The molecule has 0 saturated carbocycles. The molecule has 0 saturated heterocycles. The van der Waals surface area contributed by atoms with Crippen molar-refractivity contribution in [2.24, 2.45) is 0 Å². The molecule has 0 aliphatic carbocycles. The number of aliphatic hydroxyl groups is 1. The normalized spacial score (nSPS) is 14.4. The highest BCUT2D eigenvalue weighted by Gasteiger charge is 2.26. The van der Waals surface area contributed by atoms with Gasteiger partial charge in [-0.15, -0.1) is 0 Å². The molecule has 0 spiro atoms. The number of benzene rings is 1. The van der Waals surface area contributed by atoms with Crippen molar-refractivity contribution in [1.82, 2.24) is 4.98 Å². The summed E-state index contributed by atoms with van der Waals surface area (Å²) in [4.78, 5) is 4.11. The Labute approximate surface area is 106 Å². The van der Waals surface area contributed by atoms with E-state index >= 15 is 0 Å². The maximum absolute atomic E-state index is 10.6. The molecule has 3 heteroatoms. The minimum Gasteiger partial charge on any atom is -0.381 e. The van der Waals surface area contributed by atoms with Gasteiger partial charge in [0.1, 0.15) is 5.60 Å². The van der Waals surface area contributed by atoms with Gasteiger partial charge in [0, 0.05) is 23.0 Å². The van der Waals surface area contributed by atoms with Crippen molar-refractivity contribution in [1.29, 1.82) is 0 Å². The number of halogens is 1. The number of hydrogen-bond donors (Lipinski definition) is 1. The van der Waals surface area contributed by atoms with E-state index in [1.54, 1.807) is 31.5 Å². The highest BCUT2D eigenvalue weighted by atomic mass is 35.5. The van der Waals surface area contributed by atoms with Crippen LogP contribution in [-0.2, 0) is 5.60 Å². The maximum Gasteiger partial charge on any atom is 0.113 e. The predicted octanol–water partition coefficient (Wildman–Crippen LogP) is 3.30. The van der Waals surface area contributed by atoms with Gasteiger partial charge in [0.25, 0.3) is 0 Å². The van der Waals surface area contributed by atoms with Crippen LogP contribution in [0.25, 0.3) is 0 Å². The fourth-order valence-electron chi connectivity index (χ4n) is 1.78. The lowest BCUT2D eigenvalue weighted by atomic mass is 9.89. The van der Waals surface area contributed by atoms with E-state index in [0.717, 1.165) is 16.7 Å². The van der Waals surface area contributed by atoms with Gasteiger partial charge < -0.3 is 5.11 Å². The first kappa shape index (κ1) is 12.1. The molecule has 0 aliphatic heterocycles. The second-order valence-corrected chi connectivity index (χ2v) is 4.77. The van der Waals surface area contributed by atoms with Gasteiger partial charge in [0.15, 0.2) is 0 Å². The molecule has 1 aromatic heterocycles. The van der Waals surface area contributed by atoms with E-state index in [0.29, 0.717) is 5.02 Å². The van der Waals surface area contributed by atoms with Crippen molar-refractivity contribution < 1.29 is 5.11 Å². The summed E-state index contributed by atoms with van der Waals surface area (Å²) in [6, 6.07) is 9.16. The van der Waals surface area contributed by atoms with Gasteiger partial charge in [-0.25, -0.2) is 0 Å². The first-order chi connectivity index (χ1) is 8.00. The Morgan fingerprint density at radius 1 is 1.18 bits per heavy atom. The zero-order valence-electron chi connectivity index (χ0n) is 9.81. The molecule has 2 aromatic rings. The van der Waals surface area contributed by atoms with Crippen LogP contribution in [0.3, 0.4) is 0 Å². The zero-order valence-corrected chi connectivity index (χ0v) is 10.6. The quantitative estimate of drug-likeness (QED) is 0.883. The molecular formula is C14H14ClNO. The third-order valence-electron chi connectivity index (χ3n) is 2.82. The molecule has 2 rings (SSSR count). The molecule has 0 bridgehead atoms. The summed E-state index contributed by atoms with van der Waals surface area (Å²) in [7, 11) is 0. The average molecular weight is 248 g/mol. The minimum atomic E-state index is -1.08. The van der Waals surface area contributed by atoms with Crippen LogP contribution in [0.5, 0.6) is 0 Å². The first-order valence-corrected chi connectivity index (χ1v) is 5.78. The molecule has 0 fully saturated rings. The van der Waals surface area contributed by atoms with Gasteiger partial charge in [-0.05, 0) is 43.2 Å². The first-order valence-electron chi connectivity index (χ1n) is 5.41. The van der Waals surface area contributed by atoms with E-state index in [1.165, 1.54) is 0 Å². The molecule has 0 aliphatic rings. The molecule has 1 atom stereocenters. The van der Waals surface area contributed by atoms with Crippen molar-refractivity contribution in [3.63, 3.8) is 0 Å². The minimum absolute atomic E-state index is 0.614. The highest BCUT2D eigenvalue weighted by molar-refractivity contribution is 6.30. The van der Waals surface area contributed by atoms with Crippen molar-refractivity contribution in [3.05, 3.63) is 64.4 Å². The van der Waals surface area contributed by atoms with Crippen LogP contribution in [0.1, 0.15) is 23.6 Å². The summed E-state index contributed by atoms with van der Waals surface area (Å²) in [5, 5.41) is 11.2. The fraction of sp³-hybridized carbons (Fsp3) is 0.214. The van der Waals surface area contributed by atoms with Crippen LogP contribution >= 0.6 is 11.6 Å². The fourth-order valence-corrected chi connectivity index (χ4v) is 1.97. The lowest BCUT2D eigenvalue weighted by molar-refractivity contribution is 0.102. The molecule has 17 heavy (non-hydrogen) atoms. The molecule has 88 valence electrons. The summed E-state index contributed by atoms with van der Waals surface area (Å²) < 4.78 is 0. The zero-order chi connectivity index (χ0) is 12.5. The van der Waals surface area contributed by atoms with E-state index in [1.807, 2.05) is 25.1 Å². The van der Waals surface area contributed by atoms with E-state index < -0.39 is 5.60 Å². The number of hydrogen-bond acceptors (Lipinski definition) is 2. The van der Waals surface area contributed by atoms with Crippen LogP contribution in [0.2, 0.25) is 5.02 Å². The third kappa shape index (κ3) is 2.48. The second kappa shape index (κ2) is 4.47. The van der Waals surface area contributed by atoms with Gasteiger partial charge in [-0.3, -0.25) is 4.98 Å². The molecule has 1 aromatic carbocycles. The standard InChI is InChI=1S/C14H14ClNO/c1-10-6-12(9-16-8-10)14(2,17)11-4-3-5-13(15)7-11/h3-9,17H,1-2H3. The summed E-state index contributed by atoms with van der Waals surface area (Å²) in [6.07, 6.45) is 3.44. The van der Waals surface area contributed by atoms with E-state index in [2.05, 4.69) is 4.98 Å². The van der Waals surface area contributed by atoms with Gasteiger partial charge in [-0.1, -0.05) is 23.7 Å². The van der Waals surface area contributed by atoms with Gasteiger partial charge in [-0.2, -0.15) is 0 Å². The largest absolute Gasteiger partial charge is 0.381 e. The van der Waals surface area contributed by atoms with Crippen molar-refractivity contribution in [2.75, 3.05) is 0 Å². The van der Waals surface area contributed by atoms with Crippen LogP contribution < -0.4 is 0 Å². The molecule has 0 amide bonds. The number of aryl methyl sites for hydroxylation is 1. The highest BCUT2D eigenvalue weighted by Crippen LogP contribution is 2.30. The Kier molecular flexibility index (Phi) is 3.18. The summed E-state index contributed by atoms with van der Waals surface area (Å²) in [6.45, 7) is 3.69. The Hall–Kier alpha value is -1.38. The number of nitrogens with zero attached hydrogens (tertiary/aromatic N) is 1. The topological polar surface area (TPSA) is 33.1 Å². The molecule has 1 heterocycles. The molecular weight excluding hydrogens is 234 g/mol. The number of rotatable bonds is 2. The lowest BCUT2D eigenvalue weighted by Crippen LogP contribution is -2.23. The summed E-state index contributed by atoms with van der Waals surface area (Å²) >= 11 is 5.94. The van der Waals surface area contributed by atoms with Crippen LogP contribution in [0.4, 0.5) is 0 Å². The van der Waals surface area contributed by atoms with Gasteiger partial charge >= 0.3 is 0 Å². The van der Waals surface area contributed by atoms with Gasteiger partial charge in [0.2, 0.25) is 0 Å². The monoisotopic (exact) mass is 247 g/mol. The molecule has 1 N–H and O–H groups in total.